The van der Waals surface area contributed by atoms with Crippen LogP contribution < -0.4 is 10.2 Å². The molecule has 1 N–H and O–H groups in total. The van der Waals surface area contributed by atoms with Crippen molar-refractivity contribution in [2.75, 3.05) is 36.5 Å². The Morgan fingerprint density at radius 3 is 2.79 bits per heavy atom. The number of hydrogen-bond donors (Lipinski definition) is 1. The summed E-state index contributed by atoms with van der Waals surface area (Å²) in [7, 11) is 0. The molecule has 3 aromatic rings. The normalized spacial score (nSPS) is 14.2. The van der Waals surface area contributed by atoms with Crippen molar-refractivity contribution >= 4 is 55.6 Å². The van der Waals surface area contributed by atoms with Crippen LogP contribution in [0.15, 0.2) is 30.3 Å². The van der Waals surface area contributed by atoms with E-state index >= 15 is 0 Å². The SMILES string of the molecule is Cc1c(Cl)ccc2sc(NC(=O)c3ccc(N4CCOCC4)c([N+](=O)[O-])c3)nc12. The Kier molecular flexibility index (Phi) is 5.35. The van der Waals surface area contributed by atoms with E-state index in [-0.39, 0.29) is 11.3 Å². The number of thiazole rings is 1. The Morgan fingerprint density at radius 1 is 1.31 bits per heavy atom. The van der Waals surface area contributed by atoms with Gasteiger partial charge in [-0.2, -0.15) is 0 Å². The Morgan fingerprint density at radius 2 is 2.07 bits per heavy atom. The minimum Gasteiger partial charge on any atom is -0.378 e. The molecule has 8 nitrogen and oxygen atoms in total. The van der Waals surface area contributed by atoms with E-state index in [9.17, 15) is 14.9 Å². The number of halogens is 1. The molecule has 10 heteroatoms. The number of amides is 1. The van der Waals surface area contributed by atoms with Crippen LogP contribution in [0, 0.1) is 17.0 Å². The second-order valence-electron chi connectivity index (χ2n) is 6.55. The zero-order chi connectivity index (χ0) is 20.5. The molecule has 0 radical (unpaired) electrons. The van der Waals surface area contributed by atoms with Gasteiger partial charge < -0.3 is 9.64 Å². The molecule has 1 aliphatic rings. The number of carbonyl (C=O) groups is 1. The molecule has 1 aromatic heterocycles. The van der Waals surface area contributed by atoms with Crippen LogP contribution in [-0.2, 0) is 4.74 Å². The van der Waals surface area contributed by atoms with Crippen LogP contribution in [0.25, 0.3) is 10.2 Å². The first-order valence-electron chi connectivity index (χ1n) is 8.92. The zero-order valence-electron chi connectivity index (χ0n) is 15.5. The second kappa shape index (κ2) is 7.94. The molecule has 2 heterocycles. The van der Waals surface area contributed by atoms with Gasteiger partial charge in [0.2, 0.25) is 0 Å². The summed E-state index contributed by atoms with van der Waals surface area (Å²) >= 11 is 7.45. The van der Waals surface area contributed by atoms with Crippen LogP contribution in [0.4, 0.5) is 16.5 Å². The highest BCUT2D eigenvalue weighted by molar-refractivity contribution is 7.22. The van der Waals surface area contributed by atoms with Crippen LogP contribution in [0.3, 0.4) is 0 Å². The van der Waals surface area contributed by atoms with Gasteiger partial charge >= 0.3 is 0 Å². The minimum absolute atomic E-state index is 0.105. The van der Waals surface area contributed by atoms with Crippen molar-refractivity contribution in [2.45, 2.75) is 6.92 Å². The second-order valence-corrected chi connectivity index (χ2v) is 7.99. The van der Waals surface area contributed by atoms with E-state index in [2.05, 4.69) is 10.3 Å². The molecule has 0 saturated carbocycles. The highest BCUT2D eigenvalue weighted by atomic mass is 35.5. The number of nitro groups is 1. The standard InChI is InChI=1S/C19H17ClN4O4S/c1-11-13(20)3-5-16-17(11)21-19(29-16)22-18(25)12-2-4-14(15(10-12)24(26)27)23-6-8-28-9-7-23/h2-5,10H,6-9H2,1H3,(H,21,22,25). The first-order valence-corrected chi connectivity index (χ1v) is 10.1. The molecule has 29 heavy (non-hydrogen) atoms. The summed E-state index contributed by atoms with van der Waals surface area (Å²) in [5.41, 5.74) is 2.15. The number of fused-ring (bicyclic) bond motifs is 1. The van der Waals surface area contributed by atoms with Crippen molar-refractivity contribution in [2.24, 2.45) is 0 Å². The molecule has 1 fully saturated rings. The van der Waals surface area contributed by atoms with E-state index in [1.807, 2.05) is 17.9 Å². The third kappa shape index (κ3) is 3.89. The number of nitro benzene ring substituents is 1. The van der Waals surface area contributed by atoms with E-state index < -0.39 is 10.8 Å². The molecule has 150 valence electrons. The molecular weight excluding hydrogens is 416 g/mol. The summed E-state index contributed by atoms with van der Waals surface area (Å²) in [4.78, 5) is 30.1. The molecule has 4 rings (SSSR count). The summed E-state index contributed by atoms with van der Waals surface area (Å²) in [5, 5.41) is 15.3. The van der Waals surface area contributed by atoms with Gasteiger partial charge in [0, 0.05) is 29.7 Å². The summed E-state index contributed by atoms with van der Waals surface area (Å²) in [6.07, 6.45) is 0. The van der Waals surface area contributed by atoms with Crippen LogP contribution >= 0.6 is 22.9 Å². The van der Waals surface area contributed by atoms with Gasteiger partial charge in [0.1, 0.15) is 5.69 Å². The Hall–Kier alpha value is -2.75. The fourth-order valence-corrected chi connectivity index (χ4v) is 4.28. The Labute approximate surface area is 175 Å². The predicted molar refractivity (Wildman–Crippen MR) is 113 cm³/mol. The molecule has 0 atom stereocenters. The molecule has 1 aliphatic heterocycles. The van der Waals surface area contributed by atoms with Gasteiger partial charge in [-0.1, -0.05) is 22.9 Å². The lowest BCUT2D eigenvalue weighted by molar-refractivity contribution is -0.384. The summed E-state index contributed by atoms with van der Waals surface area (Å²) in [5.74, 6) is -0.454. The monoisotopic (exact) mass is 432 g/mol. The first kappa shape index (κ1) is 19.6. The molecular formula is C19H17ClN4O4S. The molecule has 0 spiro atoms. The number of ether oxygens (including phenoxy) is 1. The molecule has 0 unspecified atom stereocenters. The lowest BCUT2D eigenvalue weighted by Crippen LogP contribution is -2.36. The van der Waals surface area contributed by atoms with Gasteiger partial charge in [0.25, 0.3) is 11.6 Å². The van der Waals surface area contributed by atoms with Crippen LogP contribution in [0.5, 0.6) is 0 Å². The average Bonchev–Trinajstić information content (AvgIpc) is 3.14. The van der Waals surface area contributed by atoms with Gasteiger partial charge in [0.15, 0.2) is 5.13 Å². The molecule has 0 bridgehead atoms. The summed E-state index contributed by atoms with van der Waals surface area (Å²) in [6.45, 7) is 4.03. The Balaban J connectivity index is 1.61. The number of morpholine rings is 1. The maximum Gasteiger partial charge on any atom is 0.293 e. The minimum atomic E-state index is -0.468. The highest BCUT2D eigenvalue weighted by Gasteiger charge is 2.23. The van der Waals surface area contributed by atoms with Crippen LogP contribution in [0.2, 0.25) is 5.02 Å². The third-order valence-electron chi connectivity index (χ3n) is 4.75. The fraction of sp³-hybridized carbons (Fsp3) is 0.263. The number of anilines is 2. The quantitative estimate of drug-likeness (QED) is 0.488. The smallest absolute Gasteiger partial charge is 0.293 e. The number of nitrogens with zero attached hydrogens (tertiary/aromatic N) is 3. The Bertz CT molecular complexity index is 1110. The van der Waals surface area contributed by atoms with E-state index in [0.29, 0.717) is 42.1 Å². The molecule has 0 aliphatic carbocycles. The van der Waals surface area contributed by atoms with Crippen molar-refractivity contribution in [3.05, 3.63) is 56.6 Å². The van der Waals surface area contributed by atoms with Crippen LogP contribution in [0.1, 0.15) is 15.9 Å². The van der Waals surface area contributed by atoms with Gasteiger partial charge in [0.05, 0.1) is 28.4 Å². The number of rotatable bonds is 4. The molecule has 2 aromatic carbocycles. The first-order chi connectivity index (χ1) is 13.9. The fourth-order valence-electron chi connectivity index (χ4n) is 3.21. The molecule has 1 amide bonds. The highest BCUT2D eigenvalue weighted by Crippen LogP contribution is 2.33. The van der Waals surface area contributed by atoms with Gasteiger partial charge in [-0.3, -0.25) is 20.2 Å². The van der Waals surface area contributed by atoms with E-state index in [1.165, 1.54) is 17.4 Å². The summed E-state index contributed by atoms with van der Waals surface area (Å²) in [6, 6.07) is 8.13. The van der Waals surface area contributed by atoms with E-state index in [1.54, 1.807) is 18.2 Å². The summed E-state index contributed by atoms with van der Waals surface area (Å²) < 4.78 is 6.20. The topological polar surface area (TPSA) is 97.6 Å². The number of carbonyl (C=O) groups excluding carboxylic acids is 1. The third-order valence-corrected chi connectivity index (χ3v) is 6.10. The van der Waals surface area contributed by atoms with Gasteiger partial charge in [-0.05, 0) is 36.8 Å². The lowest BCUT2D eigenvalue weighted by atomic mass is 10.1. The van der Waals surface area contributed by atoms with Crippen molar-refractivity contribution in [3.8, 4) is 0 Å². The largest absolute Gasteiger partial charge is 0.378 e. The van der Waals surface area contributed by atoms with Crippen molar-refractivity contribution < 1.29 is 14.5 Å². The number of benzene rings is 2. The number of hydrogen-bond acceptors (Lipinski definition) is 7. The lowest BCUT2D eigenvalue weighted by Gasteiger charge is -2.28. The maximum absolute atomic E-state index is 12.7. The van der Waals surface area contributed by atoms with Crippen molar-refractivity contribution in [3.63, 3.8) is 0 Å². The number of nitrogens with one attached hydrogen (secondary N) is 1. The average molecular weight is 433 g/mol. The number of aromatic nitrogens is 1. The van der Waals surface area contributed by atoms with E-state index in [4.69, 9.17) is 16.3 Å². The van der Waals surface area contributed by atoms with Crippen molar-refractivity contribution in [1.82, 2.24) is 4.98 Å². The van der Waals surface area contributed by atoms with Gasteiger partial charge in [-0.15, -0.1) is 0 Å². The van der Waals surface area contributed by atoms with Crippen molar-refractivity contribution in [1.29, 1.82) is 0 Å². The number of aryl methyl sites for hydroxylation is 1. The zero-order valence-corrected chi connectivity index (χ0v) is 17.0. The van der Waals surface area contributed by atoms with E-state index in [0.717, 1.165) is 15.8 Å². The molecule has 1 saturated heterocycles. The maximum atomic E-state index is 12.7. The van der Waals surface area contributed by atoms with Gasteiger partial charge in [-0.25, -0.2) is 4.98 Å². The predicted octanol–water partition coefficient (Wildman–Crippen LogP) is 4.26. The van der Waals surface area contributed by atoms with Crippen LogP contribution in [-0.4, -0.2) is 42.1 Å².